The fraction of sp³-hybridized carbons (Fsp3) is 0.667. The monoisotopic (exact) mass is 362 g/mol. The van der Waals surface area contributed by atoms with E-state index in [1.165, 1.54) is 7.11 Å². The molecule has 0 spiro atoms. The minimum atomic E-state index is -1.11. The van der Waals surface area contributed by atoms with Gasteiger partial charge in [-0.3, -0.25) is 4.79 Å². The van der Waals surface area contributed by atoms with E-state index in [4.69, 9.17) is 4.74 Å². The Labute approximate surface area is 155 Å². The number of aliphatic hydroxyl groups is 1. The minimum absolute atomic E-state index is 0.0857. The molecule has 2 aliphatic rings. The fourth-order valence-corrected chi connectivity index (χ4v) is 5.24. The molecule has 0 unspecified atom stereocenters. The zero-order valence-electron chi connectivity index (χ0n) is 16.3. The van der Waals surface area contributed by atoms with Gasteiger partial charge in [-0.05, 0) is 37.0 Å². The molecule has 26 heavy (non-hydrogen) atoms. The Morgan fingerprint density at radius 1 is 1.12 bits per heavy atom. The van der Waals surface area contributed by atoms with Gasteiger partial charge in [0.25, 0.3) is 0 Å². The summed E-state index contributed by atoms with van der Waals surface area (Å²) in [5.41, 5.74) is -0.473. The Kier molecular flexibility index (Phi) is 4.50. The molecule has 1 aromatic rings. The Balaban J connectivity index is 2.30. The molecule has 5 nitrogen and oxygen atoms in total. The Morgan fingerprint density at radius 3 is 2.35 bits per heavy atom. The van der Waals surface area contributed by atoms with Gasteiger partial charge in [-0.15, -0.1) is 0 Å². The zero-order valence-corrected chi connectivity index (χ0v) is 16.3. The number of benzene rings is 1. The molecule has 5 heteroatoms. The van der Waals surface area contributed by atoms with Crippen LogP contribution in [-0.2, 0) is 6.42 Å². The first-order chi connectivity index (χ1) is 12.0. The van der Waals surface area contributed by atoms with Crippen LogP contribution in [0.25, 0.3) is 0 Å². The Hall–Kier alpha value is -1.75. The molecule has 1 saturated carbocycles. The summed E-state index contributed by atoms with van der Waals surface area (Å²) >= 11 is 0. The van der Waals surface area contributed by atoms with Crippen LogP contribution >= 0.6 is 0 Å². The molecule has 0 bridgehead atoms. The molecule has 0 saturated heterocycles. The van der Waals surface area contributed by atoms with Gasteiger partial charge in [-0.2, -0.15) is 0 Å². The van der Waals surface area contributed by atoms with Crippen molar-refractivity contribution in [2.45, 2.75) is 71.3 Å². The summed E-state index contributed by atoms with van der Waals surface area (Å²) in [6, 6.07) is 0. The lowest BCUT2D eigenvalue weighted by molar-refractivity contribution is -0.0870. The number of hydrogen-bond acceptors (Lipinski definition) is 5. The smallest absolute Gasteiger partial charge is 0.173 e. The van der Waals surface area contributed by atoms with Crippen LogP contribution in [-0.4, -0.2) is 33.8 Å². The molecule has 1 aromatic carbocycles. The summed E-state index contributed by atoms with van der Waals surface area (Å²) in [6.07, 6.45) is 3.00. The lowest BCUT2D eigenvalue weighted by atomic mass is 9.59. The van der Waals surface area contributed by atoms with Crippen LogP contribution in [0.5, 0.6) is 17.2 Å². The molecule has 0 aliphatic heterocycles. The summed E-state index contributed by atoms with van der Waals surface area (Å²) in [4.78, 5) is 13.6. The van der Waals surface area contributed by atoms with Gasteiger partial charge in [0.2, 0.25) is 0 Å². The van der Waals surface area contributed by atoms with Gasteiger partial charge in [-0.1, -0.05) is 34.1 Å². The van der Waals surface area contributed by atoms with Crippen LogP contribution in [0.3, 0.4) is 0 Å². The molecule has 144 valence electrons. The maximum absolute atomic E-state index is 13.6. The molecule has 0 amide bonds. The predicted octanol–water partition coefficient (Wildman–Crippen LogP) is 3.92. The second-order valence-corrected chi connectivity index (χ2v) is 8.90. The first-order valence-corrected chi connectivity index (χ1v) is 9.46. The number of aromatic hydroxyl groups is 2. The summed E-state index contributed by atoms with van der Waals surface area (Å²) in [5.74, 6) is -0.959. The van der Waals surface area contributed by atoms with E-state index < -0.39 is 11.5 Å². The highest BCUT2D eigenvalue weighted by Crippen LogP contribution is 2.55. The molecular weight excluding hydrogens is 332 g/mol. The minimum Gasteiger partial charge on any atom is -0.507 e. The number of Topliss-reactive ketones (excluding diaryl/α,β-unsaturated/α-hetero) is 1. The SMILES string of the molecule is COc1c(O)c2c(c(O)c1C(C)C)C(=O)[C@H]1C(C)(C)CCC[C@]1(O)CC2. The number of rotatable bonds is 2. The van der Waals surface area contributed by atoms with Crippen molar-refractivity contribution in [1.82, 2.24) is 0 Å². The van der Waals surface area contributed by atoms with Gasteiger partial charge < -0.3 is 20.1 Å². The fourth-order valence-electron chi connectivity index (χ4n) is 5.24. The molecule has 0 aromatic heterocycles. The first-order valence-electron chi connectivity index (χ1n) is 9.46. The van der Waals surface area contributed by atoms with E-state index in [0.717, 1.165) is 12.8 Å². The number of ketones is 1. The average Bonchev–Trinajstić information content (AvgIpc) is 2.64. The van der Waals surface area contributed by atoms with Crippen LogP contribution in [0.15, 0.2) is 0 Å². The van der Waals surface area contributed by atoms with E-state index in [9.17, 15) is 20.1 Å². The van der Waals surface area contributed by atoms with E-state index in [1.54, 1.807) is 0 Å². The second-order valence-electron chi connectivity index (χ2n) is 8.90. The van der Waals surface area contributed by atoms with Crippen molar-refractivity contribution in [3.63, 3.8) is 0 Å². The maximum atomic E-state index is 13.6. The van der Waals surface area contributed by atoms with E-state index in [2.05, 4.69) is 0 Å². The van der Waals surface area contributed by atoms with Crippen LogP contribution in [0, 0.1) is 11.3 Å². The number of phenolic OH excluding ortho intramolecular Hbond substituents is 2. The molecule has 0 radical (unpaired) electrons. The lowest BCUT2D eigenvalue weighted by Crippen LogP contribution is -2.52. The Bertz CT molecular complexity index is 750. The van der Waals surface area contributed by atoms with Crippen LogP contribution in [0.1, 0.15) is 80.8 Å². The number of hydrogen-bond donors (Lipinski definition) is 3. The second kappa shape index (κ2) is 6.15. The number of methoxy groups -OCH3 is 1. The molecule has 2 aliphatic carbocycles. The largest absolute Gasteiger partial charge is 0.507 e. The number of fused-ring (bicyclic) bond motifs is 2. The van der Waals surface area contributed by atoms with Crippen LogP contribution in [0.2, 0.25) is 0 Å². The predicted molar refractivity (Wildman–Crippen MR) is 99.1 cm³/mol. The average molecular weight is 362 g/mol. The van der Waals surface area contributed by atoms with Crippen molar-refractivity contribution in [1.29, 1.82) is 0 Å². The third-order valence-electron chi connectivity index (χ3n) is 6.39. The van der Waals surface area contributed by atoms with Crippen molar-refractivity contribution in [3.8, 4) is 17.2 Å². The number of ether oxygens (including phenoxy) is 1. The molecule has 3 rings (SSSR count). The van der Waals surface area contributed by atoms with E-state index >= 15 is 0 Å². The van der Waals surface area contributed by atoms with Gasteiger partial charge in [-0.25, -0.2) is 0 Å². The molecular formula is C21H30O5. The Morgan fingerprint density at radius 2 is 1.77 bits per heavy atom. The molecule has 3 N–H and O–H groups in total. The third-order valence-corrected chi connectivity index (χ3v) is 6.39. The molecule has 0 heterocycles. The molecule has 2 atom stereocenters. The van der Waals surface area contributed by atoms with E-state index in [-0.39, 0.29) is 39.9 Å². The van der Waals surface area contributed by atoms with Crippen molar-refractivity contribution >= 4 is 5.78 Å². The number of carbonyl (C=O) groups excluding carboxylic acids is 1. The van der Waals surface area contributed by atoms with Crippen LogP contribution < -0.4 is 4.74 Å². The number of carbonyl (C=O) groups is 1. The topological polar surface area (TPSA) is 87.0 Å². The summed E-state index contributed by atoms with van der Waals surface area (Å²) in [7, 11) is 1.45. The first kappa shape index (κ1) is 19.0. The van der Waals surface area contributed by atoms with Gasteiger partial charge in [0.1, 0.15) is 5.75 Å². The van der Waals surface area contributed by atoms with Crippen molar-refractivity contribution < 1.29 is 24.9 Å². The standard InChI is InChI=1S/C21H30O5/c1-11(2)13-16(23)14-12(15(22)18(13)26-5)7-10-21(25)9-6-8-20(3,4)19(21)17(14)24/h11,19,22-23,25H,6-10H2,1-5H3/t19-,21-/m0/s1. The summed E-state index contributed by atoms with van der Waals surface area (Å²) in [6.45, 7) is 7.78. The van der Waals surface area contributed by atoms with Gasteiger partial charge in [0, 0.05) is 11.1 Å². The highest BCUT2D eigenvalue weighted by molar-refractivity contribution is 6.04. The van der Waals surface area contributed by atoms with Crippen molar-refractivity contribution in [2.75, 3.05) is 7.11 Å². The van der Waals surface area contributed by atoms with E-state index in [0.29, 0.717) is 30.4 Å². The van der Waals surface area contributed by atoms with Crippen molar-refractivity contribution in [3.05, 3.63) is 16.7 Å². The maximum Gasteiger partial charge on any atom is 0.173 e. The zero-order chi connectivity index (χ0) is 19.4. The normalized spacial score (nSPS) is 27.7. The summed E-state index contributed by atoms with van der Waals surface area (Å²) < 4.78 is 5.36. The highest BCUT2D eigenvalue weighted by atomic mass is 16.5. The van der Waals surface area contributed by atoms with Gasteiger partial charge >= 0.3 is 0 Å². The van der Waals surface area contributed by atoms with Crippen molar-refractivity contribution in [2.24, 2.45) is 11.3 Å². The van der Waals surface area contributed by atoms with Gasteiger partial charge in [0.15, 0.2) is 17.3 Å². The molecule has 1 fully saturated rings. The number of phenols is 2. The summed E-state index contributed by atoms with van der Waals surface area (Å²) in [5, 5.41) is 33.1. The highest BCUT2D eigenvalue weighted by Gasteiger charge is 2.54. The van der Waals surface area contributed by atoms with E-state index in [1.807, 2.05) is 27.7 Å². The van der Waals surface area contributed by atoms with Crippen LogP contribution in [0.4, 0.5) is 0 Å². The quantitative estimate of drug-likeness (QED) is 0.694. The lowest BCUT2D eigenvalue weighted by Gasteiger charge is -2.48. The third kappa shape index (κ3) is 2.59. The van der Waals surface area contributed by atoms with Gasteiger partial charge in [0.05, 0.1) is 24.2 Å².